The number of nitrogens with one attached hydrogen (secondary N) is 1. The van der Waals surface area contributed by atoms with Crippen molar-refractivity contribution in [2.45, 2.75) is 25.3 Å². The lowest BCUT2D eigenvalue weighted by atomic mass is 10.1. The molecule has 0 saturated carbocycles. The zero-order valence-electron chi connectivity index (χ0n) is 15.8. The second-order valence-electron chi connectivity index (χ2n) is 6.29. The molecule has 2 aromatic carbocycles. The van der Waals surface area contributed by atoms with Gasteiger partial charge in [0.2, 0.25) is 0 Å². The third kappa shape index (κ3) is 4.26. The van der Waals surface area contributed by atoms with Crippen molar-refractivity contribution in [2.75, 3.05) is 10.8 Å². The lowest BCUT2D eigenvalue weighted by molar-refractivity contribution is 0.0955. The molecule has 0 atom stereocenters. The second kappa shape index (κ2) is 8.58. The van der Waals surface area contributed by atoms with Crippen LogP contribution in [0.1, 0.15) is 27.7 Å². The standard InChI is InChI=1S/C21H22N2O3S2/c1-3-23(28(25,26)18-10-5-4-6-11-18)19-12-13-27-20(19)21(24)22-15-17-9-7-8-16(2)14-17/h4-14H,3,15H2,1-2H3,(H,22,24). The van der Waals surface area contributed by atoms with E-state index < -0.39 is 10.0 Å². The van der Waals surface area contributed by atoms with E-state index in [-0.39, 0.29) is 17.3 Å². The second-order valence-corrected chi connectivity index (χ2v) is 9.07. The van der Waals surface area contributed by atoms with Gasteiger partial charge < -0.3 is 5.32 Å². The Morgan fingerprint density at radius 3 is 2.50 bits per heavy atom. The molecule has 1 aromatic heterocycles. The number of amides is 1. The molecule has 1 amide bonds. The summed E-state index contributed by atoms with van der Waals surface area (Å²) < 4.78 is 27.4. The SMILES string of the molecule is CCN(c1ccsc1C(=O)NCc1cccc(C)c1)S(=O)(=O)c1ccccc1. The van der Waals surface area contributed by atoms with Gasteiger partial charge >= 0.3 is 0 Å². The van der Waals surface area contributed by atoms with Crippen LogP contribution >= 0.6 is 11.3 Å². The van der Waals surface area contributed by atoms with E-state index in [9.17, 15) is 13.2 Å². The van der Waals surface area contributed by atoms with Crippen molar-refractivity contribution in [3.05, 3.63) is 82.0 Å². The van der Waals surface area contributed by atoms with Crippen molar-refractivity contribution in [3.8, 4) is 0 Å². The van der Waals surface area contributed by atoms with Gasteiger partial charge in [-0.3, -0.25) is 9.10 Å². The molecule has 0 aliphatic heterocycles. The van der Waals surface area contributed by atoms with Crippen molar-refractivity contribution in [1.29, 1.82) is 0 Å². The average molecular weight is 415 g/mol. The van der Waals surface area contributed by atoms with Crippen LogP contribution in [0.2, 0.25) is 0 Å². The first kappa shape index (κ1) is 20.1. The number of sulfonamides is 1. The van der Waals surface area contributed by atoms with Gasteiger partial charge in [-0.05, 0) is 43.0 Å². The lowest BCUT2D eigenvalue weighted by Gasteiger charge is -2.23. The molecular formula is C21H22N2O3S2. The fourth-order valence-corrected chi connectivity index (χ4v) is 5.32. The normalized spacial score (nSPS) is 11.2. The maximum Gasteiger partial charge on any atom is 0.264 e. The van der Waals surface area contributed by atoms with E-state index in [1.165, 1.54) is 15.6 Å². The Hall–Kier alpha value is -2.64. The molecule has 0 aliphatic carbocycles. The predicted octanol–water partition coefficient (Wildman–Crippen LogP) is 4.20. The van der Waals surface area contributed by atoms with Gasteiger partial charge in [-0.25, -0.2) is 8.42 Å². The molecule has 0 aliphatic rings. The number of rotatable bonds is 7. The summed E-state index contributed by atoms with van der Waals surface area (Å²) in [5.74, 6) is -0.284. The Kier molecular flexibility index (Phi) is 6.16. The van der Waals surface area contributed by atoms with Crippen molar-refractivity contribution in [2.24, 2.45) is 0 Å². The summed E-state index contributed by atoms with van der Waals surface area (Å²) in [6, 6.07) is 17.8. The third-order valence-electron chi connectivity index (χ3n) is 4.27. The van der Waals surface area contributed by atoms with E-state index in [1.807, 2.05) is 31.2 Å². The number of benzene rings is 2. The molecule has 0 unspecified atom stereocenters. The molecule has 1 N–H and O–H groups in total. The molecule has 7 heteroatoms. The lowest BCUT2D eigenvalue weighted by Crippen LogP contribution is -2.32. The van der Waals surface area contributed by atoms with Crippen LogP contribution in [-0.4, -0.2) is 20.9 Å². The van der Waals surface area contributed by atoms with Gasteiger partial charge in [0.25, 0.3) is 15.9 Å². The smallest absolute Gasteiger partial charge is 0.264 e. The first-order chi connectivity index (χ1) is 13.4. The molecule has 3 aromatic rings. The molecule has 5 nitrogen and oxygen atoms in total. The quantitative estimate of drug-likeness (QED) is 0.630. The number of nitrogens with zero attached hydrogens (tertiary/aromatic N) is 1. The van der Waals surface area contributed by atoms with E-state index in [1.54, 1.807) is 48.7 Å². The first-order valence-corrected chi connectivity index (χ1v) is 11.2. The molecule has 3 rings (SSSR count). The minimum absolute atomic E-state index is 0.203. The highest BCUT2D eigenvalue weighted by Crippen LogP contribution is 2.31. The molecule has 0 radical (unpaired) electrons. The van der Waals surface area contributed by atoms with Crippen molar-refractivity contribution in [1.82, 2.24) is 5.32 Å². The number of hydrogen-bond donors (Lipinski definition) is 1. The van der Waals surface area contributed by atoms with Gasteiger partial charge in [0.1, 0.15) is 4.88 Å². The maximum atomic E-state index is 13.1. The van der Waals surface area contributed by atoms with E-state index in [4.69, 9.17) is 0 Å². The van der Waals surface area contributed by atoms with E-state index >= 15 is 0 Å². The van der Waals surface area contributed by atoms with Crippen LogP contribution in [-0.2, 0) is 16.6 Å². The Morgan fingerprint density at radius 2 is 1.82 bits per heavy atom. The van der Waals surface area contributed by atoms with Gasteiger partial charge in [0.05, 0.1) is 10.6 Å². The average Bonchev–Trinajstić information content (AvgIpc) is 3.16. The topological polar surface area (TPSA) is 66.5 Å². The van der Waals surface area contributed by atoms with E-state index in [0.717, 1.165) is 11.1 Å². The monoisotopic (exact) mass is 414 g/mol. The van der Waals surface area contributed by atoms with Crippen LogP contribution < -0.4 is 9.62 Å². The molecule has 146 valence electrons. The summed E-state index contributed by atoms with van der Waals surface area (Å²) in [5, 5.41) is 4.63. The van der Waals surface area contributed by atoms with Crippen molar-refractivity contribution < 1.29 is 13.2 Å². The van der Waals surface area contributed by atoms with Crippen LogP contribution in [0, 0.1) is 6.92 Å². The van der Waals surface area contributed by atoms with Gasteiger partial charge in [-0.2, -0.15) is 0 Å². The molecule has 0 bridgehead atoms. The minimum Gasteiger partial charge on any atom is -0.347 e. The fourth-order valence-electron chi connectivity index (χ4n) is 2.94. The summed E-state index contributed by atoms with van der Waals surface area (Å²) in [6.07, 6.45) is 0. The fraction of sp³-hybridized carbons (Fsp3) is 0.190. The van der Waals surface area contributed by atoms with E-state index in [0.29, 0.717) is 17.1 Å². The van der Waals surface area contributed by atoms with Gasteiger partial charge in [-0.1, -0.05) is 48.0 Å². The van der Waals surface area contributed by atoms with Gasteiger partial charge in [0.15, 0.2) is 0 Å². The molecule has 0 saturated heterocycles. The number of aryl methyl sites for hydroxylation is 1. The molecule has 28 heavy (non-hydrogen) atoms. The highest BCUT2D eigenvalue weighted by Gasteiger charge is 2.27. The highest BCUT2D eigenvalue weighted by molar-refractivity contribution is 7.92. The Morgan fingerprint density at radius 1 is 1.07 bits per heavy atom. The summed E-state index contributed by atoms with van der Waals surface area (Å²) in [7, 11) is -3.74. The minimum atomic E-state index is -3.74. The maximum absolute atomic E-state index is 13.1. The number of carbonyl (C=O) groups excluding carboxylic acids is 1. The predicted molar refractivity (Wildman–Crippen MR) is 113 cm³/mol. The van der Waals surface area contributed by atoms with Crippen LogP contribution in [0.3, 0.4) is 0 Å². The van der Waals surface area contributed by atoms with Crippen LogP contribution in [0.4, 0.5) is 5.69 Å². The van der Waals surface area contributed by atoms with Crippen LogP contribution in [0.15, 0.2) is 70.9 Å². The number of thiophene rings is 1. The van der Waals surface area contributed by atoms with E-state index in [2.05, 4.69) is 5.32 Å². The molecule has 0 spiro atoms. The summed E-state index contributed by atoms with van der Waals surface area (Å²) in [4.78, 5) is 13.3. The Balaban J connectivity index is 1.84. The summed E-state index contributed by atoms with van der Waals surface area (Å²) in [5.41, 5.74) is 2.52. The largest absolute Gasteiger partial charge is 0.347 e. The molecule has 1 heterocycles. The zero-order chi connectivity index (χ0) is 20.1. The number of carbonyl (C=O) groups is 1. The first-order valence-electron chi connectivity index (χ1n) is 8.92. The molecule has 0 fully saturated rings. The van der Waals surface area contributed by atoms with Crippen LogP contribution in [0.5, 0.6) is 0 Å². The Bertz CT molecular complexity index is 1060. The molecular weight excluding hydrogens is 392 g/mol. The highest BCUT2D eigenvalue weighted by atomic mass is 32.2. The summed E-state index contributed by atoms with van der Waals surface area (Å²) >= 11 is 1.23. The zero-order valence-corrected chi connectivity index (χ0v) is 17.4. The Labute approximate surface area is 169 Å². The van der Waals surface area contributed by atoms with Crippen molar-refractivity contribution >= 4 is 33.0 Å². The van der Waals surface area contributed by atoms with Gasteiger partial charge in [0, 0.05) is 13.1 Å². The van der Waals surface area contributed by atoms with Gasteiger partial charge in [-0.15, -0.1) is 11.3 Å². The number of anilines is 1. The third-order valence-corrected chi connectivity index (χ3v) is 7.08. The van der Waals surface area contributed by atoms with Crippen molar-refractivity contribution in [3.63, 3.8) is 0 Å². The van der Waals surface area contributed by atoms with Crippen LogP contribution in [0.25, 0.3) is 0 Å². The number of hydrogen-bond acceptors (Lipinski definition) is 4. The summed E-state index contributed by atoms with van der Waals surface area (Å²) in [6.45, 7) is 4.37.